The molecule has 45 heavy (non-hydrogen) atoms. The van der Waals surface area contributed by atoms with Gasteiger partial charge in [-0.3, -0.25) is 4.79 Å². The van der Waals surface area contributed by atoms with Gasteiger partial charge in [-0.1, -0.05) is 48.0 Å². The lowest BCUT2D eigenvalue weighted by atomic mass is 9.96. The molecule has 0 aliphatic heterocycles. The van der Waals surface area contributed by atoms with Gasteiger partial charge in [0.1, 0.15) is 12.1 Å². The number of anilines is 2. The topological polar surface area (TPSA) is 123 Å². The molecule has 232 valence electrons. The minimum atomic E-state index is -0.228. The lowest BCUT2D eigenvalue weighted by Crippen LogP contribution is -2.36. The Labute approximate surface area is 266 Å². The van der Waals surface area contributed by atoms with Crippen LogP contribution in [-0.2, 0) is 18.4 Å². The molecule has 0 amide bonds. The third-order valence-corrected chi connectivity index (χ3v) is 8.30. The Morgan fingerprint density at radius 2 is 1.84 bits per heavy atom. The predicted octanol–water partition coefficient (Wildman–Crippen LogP) is 5.43. The fraction of sp³-hybridized carbons (Fsp3) is 0.265. The van der Waals surface area contributed by atoms with Crippen molar-refractivity contribution < 1.29 is 9.53 Å². The average molecular weight is 626 g/mol. The maximum absolute atomic E-state index is 12.9. The number of aromatic nitrogens is 4. The molecule has 0 bridgehead atoms. The second-order valence-corrected chi connectivity index (χ2v) is 11.1. The van der Waals surface area contributed by atoms with Crippen LogP contribution in [0.1, 0.15) is 24.0 Å². The van der Waals surface area contributed by atoms with Crippen molar-refractivity contribution >= 4 is 40.2 Å². The Morgan fingerprint density at radius 3 is 2.62 bits per heavy atom. The number of fused-ring (bicyclic) bond motifs is 1. The summed E-state index contributed by atoms with van der Waals surface area (Å²) < 4.78 is 6.95. The minimum absolute atomic E-state index is 0.195. The molecule has 3 heterocycles. The normalized spacial score (nSPS) is 11.8. The number of ether oxygens (including phenoxy) is 1. The van der Waals surface area contributed by atoms with Crippen LogP contribution in [0.2, 0.25) is 5.02 Å². The molecule has 3 aromatic heterocycles. The van der Waals surface area contributed by atoms with Gasteiger partial charge in [0.15, 0.2) is 0 Å². The summed E-state index contributed by atoms with van der Waals surface area (Å²) in [4.78, 5) is 32.9. The zero-order valence-corrected chi connectivity index (χ0v) is 26.5. The van der Waals surface area contributed by atoms with E-state index in [1.807, 2.05) is 62.5 Å². The predicted molar refractivity (Wildman–Crippen MR) is 179 cm³/mol. The SMILES string of the molecule is CNC(CCC=O)CNCc1ccc(-c2cccc(-c3cccc(Nc4nccc5cnn(C)c(=O)c45)c3C)c2Cl)nc1OC. The summed E-state index contributed by atoms with van der Waals surface area (Å²) in [6, 6.07) is 17.7. The molecule has 0 fully saturated rings. The van der Waals surface area contributed by atoms with E-state index in [0.717, 1.165) is 46.2 Å². The number of halogens is 1. The molecule has 0 radical (unpaired) electrons. The van der Waals surface area contributed by atoms with Crippen LogP contribution >= 0.6 is 11.6 Å². The summed E-state index contributed by atoms with van der Waals surface area (Å²) in [6.45, 7) is 3.28. The molecular weight excluding hydrogens is 590 g/mol. The van der Waals surface area contributed by atoms with Gasteiger partial charge in [-0.05, 0) is 49.7 Å². The first-order valence-corrected chi connectivity index (χ1v) is 15.1. The van der Waals surface area contributed by atoms with E-state index < -0.39 is 0 Å². The summed E-state index contributed by atoms with van der Waals surface area (Å²) in [6.07, 6.45) is 5.54. The molecule has 0 saturated heterocycles. The highest BCUT2D eigenvalue weighted by atomic mass is 35.5. The van der Waals surface area contributed by atoms with Crippen molar-refractivity contribution in [3.63, 3.8) is 0 Å². The van der Waals surface area contributed by atoms with Gasteiger partial charge in [-0.15, -0.1) is 0 Å². The number of aryl methyl sites for hydroxylation is 1. The molecule has 0 saturated carbocycles. The van der Waals surface area contributed by atoms with Crippen LogP contribution in [0.25, 0.3) is 33.2 Å². The molecule has 1 unspecified atom stereocenters. The Balaban J connectivity index is 1.42. The fourth-order valence-corrected chi connectivity index (χ4v) is 5.65. The van der Waals surface area contributed by atoms with Crippen LogP contribution in [0.4, 0.5) is 11.5 Å². The number of rotatable bonds is 13. The number of hydrogen-bond acceptors (Lipinski definition) is 9. The van der Waals surface area contributed by atoms with Crippen LogP contribution in [0.15, 0.2) is 71.8 Å². The Bertz CT molecular complexity index is 1890. The van der Waals surface area contributed by atoms with Crippen LogP contribution in [-0.4, -0.2) is 52.8 Å². The van der Waals surface area contributed by atoms with Gasteiger partial charge in [0, 0.05) is 66.6 Å². The smallest absolute Gasteiger partial charge is 0.278 e. The minimum Gasteiger partial charge on any atom is -0.481 e. The molecule has 2 aromatic carbocycles. The van der Waals surface area contributed by atoms with Crippen molar-refractivity contribution in [1.82, 2.24) is 30.4 Å². The quantitative estimate of drug-likeness (QED) is 0.147. The molecular formula is C34H36ClN7O3. The van der Waals surface area contributed by atoms with Crippen molar-refractivity contribution in [2.45, 2.75) is 32.4 Å². The number of benzene rings is 2. The van der Waals surface area contributed by atoms with E-state index in [9.17, 15) is 9.59 Å². The van der Waals surface area contributed by atoms with Crippen molar-refractivity contribution in [1.29, 1.82) is 0 Å². The average Bonchev–Trinajstić information content (AvgIpc) is 3.06. The highest BCUT2D eigenvalue weighted by Crippen LogP contribution is 2.39. The first-order valence-electron chi connectivity index (χ1n) is 14.7. The van der Waals surface area contributed by atoms with Gasteiger partial charge in [-0.2, -0.15) is 5.10 Å². The number of carbonyl (C=O) groups excluding carboxylic acids is 1. The Hall–Kier alpha value is -4.64. The Kier molecular flexibility index (Phi) is 10.2. The fourth-order valence-electron chi connectivity index (χ4n) is 5.32. The van der Waals surface area contributed by atoms with E-state index in [-0.39, 0.29) is 11.6 Å². The van der Waals surface area contributed by atoms with E-state index in [2.05, 4.69) is 26.0 Å². The number of likely N-dealkylation sites (N-methyl/N-ethyl adjacent to an activating group) is 1. The zero-order valence-electron chi connectivity index (χ0n) is 25.7. The number of nitrogens with zero attached hydrogens (tertiary/aromatic N) is 4. The largest absolute Gasteiger partial charge is 0.481 e. The molecule has 5 aromatic rings. The van der Waals surface area contributed by atoms with E-state index in [1.54, 1.807) is 32.6 Å². The number of aldehydes is 1. The second kappa shape index (κ2) is 14.4. The van der Waals surface area contributed by atoms with Gasteiger partial charge in [0.2, 0.25) is 5.88 Å². The molecule has 10 nitrogen and oxygen atoms in total. The van der Waals surface area contributed by atoms with E-state index in [4.69, 9.17) is 21.3 Å². The van der Waals surface area contributed by atoms with E-state index in [1.165, 1.54) is 4.68 Å². The number of nitrogens with one attached hydrogen (secondary N) is 3. The van der Waals surface area contributed by atoms with Crippen LogP contribution in [0.5, 0.6) is 5.88 Å². The van der Waals surface area contributed by atoms with Crippen LogP contribution < -0.4 is 26.2 Å². The zero-order chi connectivity index (χ0) is 31.9. The maximum atomic E-state index is 12.9. The third kappa shape index (κ3) is 6.88. The summed E-state index contributed by atoms with van der Waals surface area (Å²) in [5.74, 6) is 0.977. The number of carbonyl (C=O) groups is 1. The monoisotopic (exact) mass is 625 g/mol. The number of methoxy groups -OCH3 is 1. The molecule has 5 rings (SSSR count). The van der Waals surface area contributed by atoms with Crippen molar-refractivity contribution in [3.8, 4) is 28.3 Å². The molecule has 3 N–H and O–H groups in total. The highest BCUT2D eigenvalue weighted by molar-refractivity contribution is 6.36. The summed E-state index contributed by atoms with van der Waals surface area (Å²) in [5, 5.41) is 15.9. The maximum Gasteiger partial charge on any atom is 0.278 e. The summed E-state index contributed by atoms with van der Waals surface area (Å²) in [5.41, 5.74) is 5.69. The number of pyridine rings is 2. The van der Waals surface area contributed by atoms with Crippen LogP contribution in [0.3, 0.4) is 0 Å². The van der Waals surface area contributed by atoms with Gasteiger partial charge >= 0.3 is 0 Å². The first kappa shape index (κ1) is 31.8. The van der Waals surface area contributed by atoms with Gasteiger partial charge in [0.25, 0.3) is 5.56 Å². The molecule has 1 atom stereocenters. The van der Waals surface area contributed by atoms with Gasteiger partial charge < -0.3 is 25.5 Å². The number of hydrogen-bond donors (Lipinski definition) is 3. The third-order valence-electron chi connectivity index (χ3n) is 7.89. The second-order valence-electron chi connectivity index (χ2n) is 10.7. The molecule has 0 aliphatic carbocycles. The molecule has 0 spiro atoms. The molecule has 0 aliphatic rings. The van der Waals surface area contributed by atoms with Gasteiger partial charge in [-0.25, -0.2) is 14.6 Å². The van der Waals surface area contributed by atoms with Crippen molar-refractivity contribution in [2.24, 2.45) is 7.05 Å². The van der Waals surface area contributed by atoms with Crippen molar-refractivity contribution in [3.05, 3.63) is 93.5 Å². The van der Waals surface area contributed by atoms with E-state index >= 15 is 0 Å². The lowest BCUT2D eigenvalue weighted by molar-refractivity contribution is -0.108. The lowest BCUT2D eigenvalue weighted by Gasteiger charge is -2.17. The van der Waals surface area contributed by atoms with Crippen molar-refractivity contribution in [2.75, 3.05) is 26.0 Å². The standard InChI is InChI=1S/C34H36ClN7O3/c1-21-25(9-6-12-28(21)40-32-30-22(15-16-38-32)19-39-42(3)34(30)44)26-10-5-11-27(31(26)35)29-14-13-23(33(41-29)45-4)18-37-20-24(36-2)8-7-17-43/h5-6,9-17,19,24,36-37H,7-8,18,20H2,1-4H3,(H,38,40). The van der Waals surface area contributed by atoms with Gasteiger partial charge in [0.05, 0.1) is 29.4 Å². The summed E-state index contributed by atoms with van der Waals surface area (Å²) >= 11 is 7.08. The Morgan fingerprint density at radius 1 is 1.07 bits per heavy atom. The summed E-state index contributed by atoms with van der Waals surface area (Å²) in [7, 11) is 5.12. The first-order chi connectivity index (χ1) is 21.9. The van der Waals surface area contributed by atoms with E-state index in [0.29, 0.717) is 52.7 Å². The highest BCUT2D eigenvalue weighted by Gasteiger charge is 2.17. The molecule has 11 heteroatoms. The van der Waals surface area contributed by atoms with Crippen LogP contribution in [0, 0.1) is 6.92 Å².